The van der Waals surface area contributed by atoms with Gasteiger partial charge in [-0.1, -0.05) is 125 Å². The average Bonchev–Trinajstić information content (AvgIpc) is 3.74. The second-order valence-electron chi connectivity index (χ2n) is 19.6. The molecule has 5 nitrogen and oxygen atoms in total. The molecule has 67 heavy (non-hydrogen) atoms. The zero-order valence-electron chi connectivity index (χ0n) is 42.0. The molecule has 0 atom stereocenters. The number of para-hydroxylation sites is 3. The Hall–Kier alpha value is -3.12. The molecule has 362 valence electrons. The first-order valence-corrected chi connectivity index (χ1v) is 24.9. The summed E-state index contributed by atoms with van der Waals surface area (Å²) < 4.78 is 10.0. The number of aliphatic hydroxyl groups is 1. The van der Waals surface area contributed by atoms with Crippen molar-refractivity contribution in [3.8, 4) is 0 Å². The number of anilines is 1. The van der Waals surface area contributed by atoms with Crippen molar-refractivity contribution in [2.75, 3.05) is 31.6 Å². The van der Waals surface area contributed by atoms with Gasteiger partial charge in [0.15, 0.2) is 11.4 Å². The van der Waals surface area contributed by atoms with Crippen LogP contribution in [-0.4, -0.2) is 52.4 Å². The van der Waals surface area contributed by atoms with Crippen molar-refractivity contribution in [2.24, 2.45) is 0 Å². The van der Waals surface area contributed by atoms with Crippen LogP contribution < -0.4 is 52.9 Å². The Morgan fingerprint density at radius 2 is 1.19 bits per heavy atom. The molecule has 0 unspecified atom stereocenters. The smallest absolute Gasteiger partial charge is 0.209 e. The molecule has 8 rings (SSSR count). The number of ether oxygens (including phenoxy) is 1. The van der Waals surface area contributed by atoms with Crippen LogP contribution in [0.4, 0.5) is 17.1 Å². The third-order valence-electron chi connectivity index (χ3n) is 14.2. The summed E-state index contributed by atoms with van der Waals surface area (Å²) in [6.45, 7) is 26.2. The molecule has 3 heterocycles. The number of methoxy groups -OCH3 is 1. The molecular weight excluding hydrogens is 1100 g/mol. The molecule has 0 amide bonds. The Morgan fingerprint density at radius 1 is 0.642 bits per heavy atom. The van der Waals surface area contributed by atoms with Crippen LogP contribution in [0.2, 0.25) is 0 Å². The zero-order valence-corrected chi connectivity index (χ0v) is 47.8. The number of hydrogen-bond acceptors (Lipinski definition) is 3. The normalized spacial score (nSPS) is 20.6. The van der Waals surface area contributed by atoms with E-state index in [1.165, 1.54) is 68.4 Å². The summed E-state index contributed by atoms with van der Waals surface area (Å²) in [6.07, 6.45) is 19.6. The van der Waals surface area contributed by atoms with Gasteiger partial charge in [-0.15, -0.1) is 0 Å². The Morgan fingerprint density at radius 3 is 1.81 bits per heavy atom. The summed E-state index contributed by atoms with van der Waals surface area (Å²) in [5, 5.41) is 10.2. The van der Waals surface area contributed by atoms with E-state index in [-0.39, 0.29) is 64.2 Å². The maximum absolute atomic E-state index is 8.74. The average molecular weight is 1170 g/mol. The van der Waals surface area contributed by atoms with E-state index in [0.29, 0.717) is 5.03 Å². The fourth-order valence-electron chi connectivity index (χ4n) is 10.4. The molecule has 3 aromatic rings. The van der Waals surface area contributed by atoms with E-state index in [9.17, 15) is 0 Å². The van der Waals surface area contributed by atoms with Gasteiger partial charge in [-0.25, -0.2) is 0 Å². The second-order valence-corrected chi connectivity index (χ2v) is 20.3. The van der Waals surface area contributed by atoms with Crippen molar-refractivity contribution < 1.29 is 66.9 Å². The number of allylic oxidation sites excluding steroid dienone is 11. The van der Waals surface area contributed by atoms with E-state index in [2.05, 4.69) is 180 Å². The van der Waals surface area contributed by atoms with Gasteiger partial charge in [-0.2, -0.15) is 9.15 Å². The first-order chi connectivity index (χ1) is 31.1. The molecule has 0 radical (unpaired) electrons. The summed E-state index contributed by atoms with van der Waals surface area (Å²) in [5.74, 6) is 0.776. The molecule has 5 aliphatic rings. The van der Waals surface area contributed by atoms with Gasteiger partial charge >= 0.3 is 0 Å². The van der Waals surface area contributed by atoms with E-state index in [1.807, 2.05) is 0 Å². The third kappa shape index (κ3) is 11.7. The summed E-state index contributed by atoms with van der Waals surface area (Å²) >= 11 is 13.0. The molecule has 0 aromatic heterocycles. The van der Waals surface area contributed by atoms with Crippen LogP contribution in [0.3, 0.4) is 0 Å². The SMILES string of the molecule is CCCN1C(=CC=C2CCCC(C=CC3=[N+](CCC)c4ccccc4C3(C)C)=C2Cl)C(C)(C)c2ccccc21.CCC[N+]1=C(C)C(C)(C)c2ccccc21.COC1=C(Cl)/C(=C/O)CCC1.[I-].[I-]. The predicted molar refractivity (Wildman–Crippen MR) is 278 cm³/mol. The quantitative estimate of drug-likeness (QED) is 0.125. The summed E-state index contributed by atoms with van der Waals surface area (Å²) in [7, 11) is 1.60. The van der Waals surface area contributed by atoms with Crippen molar-refractivity contribution >= 4 is 51.7 Å². The summed E-state index contributed by atoms with van der Waals surface area (Å²) in [6, 6.07) is 26.5. The Bertz CT molecular complexity index is 2500. The van der Waals surface area contributed by atoms with E-state index in [4.69, 9.17) is 33.0 Å². The van der Waals surface area contributed by atoms with Gasteiger partial charge in [0.05, 0.1) is 29.2 Å². The highest BCUT2D eigenvalue weighted by Crippen LogP contribution is 2.48. The lowest BCUT2D eigenvalue weighted by atomic mass is 9.81. The molecule has 0 saturated heterocycles. The molecule has 3 aliphatic heterocycles. The van der Waals surface area contributed by atoms with Crippen LogP contribution in [0.15, 0.2) is 142 Å². The molecule has 3 aromatic carbocycles. The minimum absolute atomic E-state index is 0. The van der Waals surface area contributed by atoms with Crippen LogP contribution in [0, 0.1) is 0 Å². The molecule has 2 aliphatic carbocycles. The highest BCUT2D eigenvalue weighted by Gasteiger charge is 2.44. The van der Waals surface area contributed by atoms with Gasteiger partial charge in [0.25, 0.3) is 0 Å². The van der Waals surface area contributed by atoms with Crippen molar-refractivity contribution in [1.82, 2.24) is 0 Å². The van der Waals surface area contributed by atoms with Gasteiger partial charge in [0.1, 0.15) is 18.8 Å². The van der Waals surface area contributed by atoms with Gasteiger partial charge in [0.2, 0.25) is 11.4 Å². The van der Waals surface area contributed by atoms with Gasteiger partial charge in [0, 0.05) is 89.5 Å². The van der Waals surface area contributed by atoms with Gasteiger partial charge in [-0.3, -0.25) is 0 Å². The van der Waals surface area contributed by atoms with Crippen molar-refractivity contribution in [3.63, 3.8) is 0 Å². The van der Waals surface area contributed by atoms with Crippen LogP contribution in [0.25, 0.3) is 0 Å². The molecule has 0 spiro atoms. The number of halogens is 4. The lowest BCUT2D eigenvalue weighted by molar-refractivity contribution is -0.439. The van der Waals surface area contributed by atoms with E-state index >= 15 is 0 Å². The fraction of sp³-hybridized carbons (Fsp3) is 0.448. The van der Waals surface area contributed by atoms with Crippen LogP contribution in [0.1, 0.15) is 144 Å². The van der Waals surface area contributed by atoms with Crippen LogP contribution in [0.5, 0.6) is 0 Å². The zero-order chi connectivity index (χ0) is 47.1. The minimum atomic E-state index is -0.0289. The number of nitrogens with zero attached hydrogens (tertiary/aromatic N) is 3. The number of rotatable bonds is 10. The monoisotopic (exact) mass is 1170 g/mol. The maximum atomic E-state index is 8.74. The molecule has 0 fully saturated rings. The van der Waals surface area contributed by atoms with E-state index < -0.39 is 0 Å². The summed E-state index contributed by atoms with van der Waals surface area (Å²) in [4.78, 5) is 2.51. The van der Waals surface area contributed by atoms with Crippen molar-refractivity contribution in [1.29, 1.82) is 0 Å². The fourth-order valence-corrected chi connectivity index (χ4v) is 11.0. The minimum Gasteiger partial charge on any atom is -1.00 e. The number of hydrogen-bond donors (Lipinski definition) is 1. The maximum Gasteiger partial charge on any atom is 0.209 e. The lowest BCUT2D eigenvalue weighted by Crippen LogP contribution is -3.00. The molecule has 9 heteroatoms. The third-order valence-corrected chi connectivity index (χ3v) is 15.2. The molecule has 0 saturated carbocycles. The predicted octanol–water partition coefficient (Wildman–Crippen LogP) is 9.93. The van der Waals surface area contributed by atoms with Gasteiger partial charge in [-0.05, 0) is 95.1 Å². The van der Waals surface area contributed by atoms with Crippen molar-refractivity contribution in [3.05, 3.63) is 158 Å². The largest absolute Gasteiger partial charge is 1.00 e. The van der Waals surface area contributed by atoms with E-state index in [1.54, 1.807) is 7.11 Å². The van der Waals surface area contributed by atoms with Crippen molar-refractivity contribution in [2.45, 2.75) is 143 Å². The van der Waals surface area contributed by atoms with Gasteiger partial charge < -0.3 is 62.7 Å². The standard InChI is InChI=1S/C36H44ClN2.C14H20N.C8H11ClO2.2HI/c1-7-24-38-30-18-11-9-16-28(30)35(3,4)32(38)22-20-26-14-13-15-27(34(26)37)21-23-33-36(5,6)29-17-10-12-19-31(29)39(33)25-8-2;1-5-10-15-11(2)14(3,4)12-8-6-7-9-13(12)15;1-11-7-4-2-3-6(5-10)8(7)9;;/h9-12,16-23H,7-8,13-15,24-25H2,1-6H3;6-9H,5,10H2,1-4H3;5,10H,2-4H2,1H3;2*1H/q2*+1;;;/p-2/b;;6-5+;;. The molecule has 1 N–H and O–H groups in total. The molecule has 0 bridgehead atoms. The highest BCUT2D eigenvalue weighted by atomic mass is 127. The first kappa shape index (κ1) is 56.5. The van der Waals surface area contributed by atoms with Crippen LogP contribution in [-0.2, 0) is 21.0 Å². The Kier molecular flexibility index (Phi) is 20.8. The number of fused-ring (bicyclic) bond motifs is 3. The Labute approximate surface area is 448 Å². The number of benzene rings is 3. The number of aliphatic hydroxyl groups excluding tert-OH is 1. The topological polar surface area (TPSA) is 38.7 Å². The second kappa shape index (κ2) is 24.6. The first-order valence-electron chi connectivity index (χ1n) is 24.2. The molecular formula is C58H75Cl2I2N3O2. The van der Waals surface area contributed by atoms with E-state index in [0.717, 1.165) is 93.6 Å². The van der Waals surface area contributed by atoms with Crippen LogP contribution >= 0.6 is 23.2 Å². The highest BCUT2D eigenvalue weighted by molar-refractivity contribution is 6.33. The Balaban J connectivity index is 0.000000286. The summed E-state index contributed by atoms with van der Waals surface area (Å²) in [5.41, 5.74) is 16.0. The lowest BCUT2D eigenvalue weighted by Gasteiger charge is -2.27.